The third-order valence-corrected chi connectivity index (χ3v) is 2.10. The van der Waals surface area contributed by atoms with Gasteiger partial charge in [0, 0.05) is 6.92 Å². The number of hydrogen-bond acceptors (Lipinski definition) is 4. The lowest BCUT2D eigenvalue weighted by atomic mass is 9.93. The van der Waals surface area contributed by atoms with E-state index in [2.05, 4.69) is 9.47 Å². The predicted molar refractivity (Wildman–Crippen MR) is 58.2 cm³/mol. The molecule has 5 nitrogen and oxygen atoms in total. The van der Waals surface area contributed by atoms with Gasteiger partial charge in [-0.3, -0.25) is 4.79 Å². The molecule has 0 fully saturated rings. The fourth-order valence-electron chi connectivity index (χ4n) is 1.10. The Labute approximate surface area is 108 Å². The van der Waals surface area contributed by atoms with Crippen LogP contribution in [0.4, 0.5) is 13.2 Å². The topological polar surface area (TPSA) is 72.8 Å². The number of aliphatic carboxylic acids is 1. The van der Waals surface area contributed by atoms with Crippen LogP contribution >= 0.6 is 0 Å². The van der Waals surface area contributed by atoms with Gasteiger partial charge in [-0.15, -0.1) is 0 Å². The SMILES string of the molecule is CC(=O)OC(OCCC(C)(C)C)(C(=O)O)C(F)(F)F. The normalized spacial score (nSPS) is 15.7. The number of rotatable bonds is 5. The van der Waals surface area contributed by atoms with Gasteiger partial charge in [-0.1, -0.05) is 20.8 Å². The summed E-state index contributed by atoms with van der Waals surface area (Å²) >= 11 is 0. The lowest BCUT2D eigenvalue weighted by molar-refractivity contribution is -0.354. The first-order chi connectivity index (χ1) is 8.32. The van der Waals surface area contributed by atoms with Crippen molar-refractivity contribution in [3.05, 3.63) is 0 Å². The second-order valence-electron chi connectivity index (χ2n) is 5.17. The third-order valence-electron chi connectivity index (χ3n) is 2.10. The van der Waals surface area contributed by atoms with E-state index in [4.69, 9.17) is 5.11 Å². The first kappa shape index (κ1) is 17.7. The average molecular weight is 286 g/mol. The Hall–Kier alpha value is -1.31. The molecule has 1 atom stereocenters. The van der Waals surface area contributed by atoms with E-state index in [-0.39, 0.29) is 11.8 Å². The molecule has 0 aliphatic rings. The molecule has 0 radical (unpaired) electrons. The number of halogens is 3. The molecular formula is C11H17F3O5. The largest absolute Gasteiger partial charge is 0.476 e. The Morgan fingerprint density at radius 1 is 1.16 bits per heavy atom. The molecule has 0 aliphatic heterocycles. The molecule has 19 heavy (non-hydrogen) atoms. The third kappa shape index (κ3) is 5.06. The Bertz CT molecular complexity index is 345. The quantitative estimate of drug-likeness (QED) is 0.620. The monoisotopic (exact) mass is 286 g/mol. The van der Waals surface area contributed by atoms with Crippen LogP contribution in [0.1, 0.15) is 34.1 Å². The molecule has 0 saturated carbocycles. The van der Waals surface area contributed by atoms with E-state index >= 15 is 0 Å². The number of hydrogen-bond donors (Lipinski definition) is 1. The van der Waals surface area contributed by atoms with Crippen LogP contribution in [0.2, 0.25) is 0 Å². The predicted octanol–water partition coefficient (Wildman–Crippen LogP) is 2.35. The number of carboxylic acids is 1. The standard InChI is InChI=1S/C11H17F3O5/c1-7(15)19-10(8(16)17,11(12,13)14)18-6-5-9(2,3)4/h5-6H2,1-4H3,(H,16,17). The van der Waals surface area contributed by atoms with Gasteiger partial charge in [-0.2, -0.15) is 13.2 Å². The minimum absolute atomic E-state index is 0.166. The van der Waals surface area contributed by atoms with Gasteiger partial charge in [0.05, 0.1) is 6.61 Å². The number of carbonyl (C=O) groups is 2. The van der Waals surface area contributed by atoms with Gasteiger partial charge in [0.2, 0.25) is 0 Å². The Balaban J connectivity index is 5.14. The molecule has 1 unspecified atom stereocenters. The van der Waals surface area contributed by atoms with Crippen molar-refractivity contribution in [1.29, 1.82) is 0 Å². The molecule has 112 valence electrons. The van der Waals surface area contributed by atoms with Gasteiger partial charge >= 0.3 is 23.9 Å². The van der Waals surface area contributed by atoms with Gasteiger partial charge in [0.15, 0.2) is 0 Å². The molecule has 0 heterocycles. The molecule has 0 aromatic heterocycles. The van der Waals surface area contributed by atoms with E-state index in [1.54, 1.807) is 20.8 Å². The molecule has 0 spiro atoms. The van der Waals surface area contributed by atoms with Crippen LogP contribution in [0.5, 0.6) is 0 Å². The van der Waals surface area contributed by atoms with Gasteiger partial charge in [-0.05, 0) is 11.8 Å². The second-order valence-corrected chi connectivity index (χ2v) is 5.17. The number of carboxylic acid groups (broad SMARTS) is 1. The Morgan fingerprint density at radius 2 is 1.63 bits per heavy atom. The molecule has 0 aromatic rings. The van der Waals surface area contributed by atoms with Crippen LogP contribution < -0.4 is 0 Å². The molecule has 1 N–H and O–H groups in total. The van der Waals surface area contributed by atoms with Crippen molar-refractivity contribution in [2.75, 3.05) is 6.61 Å². The van der Waals surface area contributed by atoms with Crippen molar-refractivity contribution in [3.63, 3.8) is 0 Å². The van der Waals surface area contributed by atoms with Gasteiger partial charge in [0.25, 0.3) is 0 Å². The van der Waals surface area contributed by atoms with E-state index in [1.165, 1.54) is 0 Å². The zero-order chi connectivity index (χ0) is 15.5. The van der Waals surface area contributed by atoms with Crippen molar-refractivity contribution < 1.29 is 37.3 Å². The maximum Gasteiger partial charge on any atom is 0.468 e. The Morgan fingerprint density at radius 3 is 1.89 bits per heavy atom. The number of ether oxygens (including phenoxy) is 2. The second kappa shape index (κ2) is 5.77. The lowest BCUT2D eigenvalue weighted by Crippen LogP contribution is -2.57. The van der Waals surface area contributed by atoms with Crippen molar-refractivity contribution in [3.8, 4) is 0 Å². The van der Waals surface area contributed by atoms with E-state index in [1.807, 2.05) is 0 Å². The fourth-order valence-corrected chi connectivity index (χ4v) is 1.10. The van der Waals surface area contributed by atoms with Crippen molar-refractivity contribution >= 4 is 11.9 Å². The van der Waals surface area contributed by atoms with Crippen LogP contribution in [0.15, 0.2) is 0 Å². The van der Waals surface area contributed by atoms with Gasteiger partial charge in [0.1, 0.15) is 0 Å². The minimum Gasteiger partial charge on any atom is -0.476 e. The summed E-state index contributed by atoms with van der Waals surface area (Å²) in [5.74, 6) is -7.76. The van der Waals surface area contributed by atoms with E-state index in [0.29, 0.717) is 6.92 Å². The summed E-state index contributed by atoms with van der Waals surface area (Å²) in [6, 6.07) is 0. The van der Waals surface area contributed by atoms with Crippen LogP contribution in [0.3, 0.4) is 0 Å². The lowest BCUT2D eigenvalue weighted by Gasteiger charge is -2.31. The van der Waals surface area contributed by atoms with Crippen molar-refractivity contribution in [1.82, 2.24) is 0 Å². The zero-order valence-corrected chi connectivity index (χ0v) is 11.1. The Kier molecular flexibility index (Phi) is 5.37. The van der Waals surface area contributed by atoms with Crippen LogP contribution in [0, 0.1) is 5.41 Å². The van der Waals surface area contributed by atoms with E-state index in [0.717, 1.165) is 0 Å². The number of carbonyl (C=O) groups excluding carboxylic acids is 1. The summed E-state index contributed by atoms with van der Waals surface area (Å²) in [5, 5.41) is 8.72. The summed E-state index contributed by atoms with van der Waals surface area (Å²) < 4.78 is 46.7. The van der Waals surface area contributed by atoms with Crippen LogP contribution in [-0.4, -0.2) is 35.6 Å². The number of alkyl halides is 3. The molecule has 0 saturated heterocycles. The maximum atomic E-state index is 12.8. The highest BCUT2D eigenvalue weighted by Crippen LogP contribution is 2.36. The van der Waals surface area contributed by atoms with Crippen LogP contribution in [-0.2, 0) is 19.1 Å². The average Bonchev–Trinajstić information content (AvgIpc) is 2.10. The molecule has 0 bridgehead atoms. The van der Waals surface area contributed by atoms with Gasteiger partial charge < -0.3 is 14.6 Å². The fraction of sp³-hybridized carbons (Fsp3) is 0.818. The summed E-state index contributed by atoms with van der Waals surface area (Å²) in [6.07, 6.45) is -5.21. The molecular weight excluding hydrogens is 269 g/mol. The van der Waals surface area contributed by atoms with E-state index in [9.17, 15) is 22.8 Å². The molecule has 0 amide bonds. The molecule has 0 rings (SSSR count). The molecule has 0 aliphatic carbocycles. The highest BCUT2D eigenvalue weighted by molar-refractivity contribution is 5.80. The van der Waals surface area contributed by atoms with E-state index < -0.39 is 30.5 Å². The first-order valence-electron chi connectivity index (χ1n) is 5.45. The highest BCUT2D eigenvalue weighted by Gasteiger charge is 2.66. The summed E-state index contributed by atoms with van der Waals surface area (Å²) in [4.78, 5) is 21.5. The van der Waals surface area contributed by atoms with Gasteiger partial charge in [-0.25, -0.2) is 4.79 Å². The molecule has 8 heteroatoms. The maximum absolute atomic E-state index is 12.8. The summed E-state index contributed by atoms with van der Waals surface area (Å²) in [7, 11) is 0. The summed E-state index contributed by atoms with van der Waals surface area (Å²) in [6.45, 7) is 5.41. The van der Waals surface area contributed by atoms with Crippen LogP contribution in [0.25, 0.3) is 0 Å². The smallest absolute Gasteiger partial charge is 0.468 e. The van der Waals surface area contributed by atoms with Crippen molar-refractivity contribution in [2.24, 2.45) is 5.41 Å². The highest BCUT2D eigenvalue weighted by atomic mass is 19.4. The minimum atomic E-state index is -5.37. The zero-order valence-electron chi connectivity index (χ0n) is 11.1. The van der Waals surface area contributed by atoms with Crippen molar-refractivity contribution in [2.45, 2.75) is 46.1 Å². The first-order valence-corrected chi connectivity index (χ1v) is 5.45. The summed E-state index contributed by atoms with van der Waals surface area (Å²) in [5.41, 5.74) is -0.355. The number of esters is 1. The molecule has 0 aromatic carbocycles.